The third kappa shape index (κ3) is 4.93. The number of rotatable bonds is 3. The van der Waals surface area contributed by atoms with E-state index in [9.17, 15) is 4.79 Å². The van der Waals surface area contributed by atoms with E-state index >= 15 is 0 Å². The molecule has 0 radical (unpaired) electrons. The average molecular weight is 237 g/mol. The molecule has 17 heavy (non-hydrogen) atoms. The molecule has 0 atom stereocenters. The first-order valence-electron chi connectivity index (χ1n) is 5.95. The number of urea groups is 1. The van der Waals surface area contributed by atoms with Crippen LogP contribution in [0.1, 0.15) is 37.7 Å². The molecule has 0 aliphatic heterocycles. The quantitative estimate of drug-likeness (QED) is 0.743. The van der Waals surface area contributed by atoms with Gasteiger partial charge < -0.3 is 15.6 Å². The Hall–Kier alpha value is -1.45. The third-order valence-corrected chi connectivity index (χ3v) is 2.48. The number of hydrogen-bond acceptors (Lipinski definition) is 1. The maximum atomic E-state index is 11.5. The molecular formula is C13H23N3O. The Labute approximate surface area is 103 Å². The van der Waals surface area contributed by atoms with E-state index in [1.807, 2.05) is 13.8 Å². The fourth-order valence-electron chi connectivity index (χ4n) is 1.55. The van der Waals surface area contributed by atoms with E-state index in [-0.39, 0.29) is 11.4 Å². The summed E-state index contributed by atoms with van der Waals surface area (Å²) in [7, 11) is 0. The zero-order valence-electron chi connectivity index (χ0n) is 11.4. The monoisotopic (exact) mass is 237 g/mol. The predicted molar refractivity (Wildman–Crippen MR) is 70.0 cm³/mol. The van der Waals surface area contributed by atoms with E-state index in [2.05, 4.69) is 42.5 Å². The summed E-state index contributed by atoms with van der Waals surface area (Å²) >= 11 is 0. The molecule has 0 aromatic carbocycles. The van der Waals surface area contributed by atoms with Crippen molar-refractivity contribution in [3.8, 4) is 0 Å². The molecule has 0 unspecified atom stereocenters. The van der Waals surface area contributed by atoms with Gasteiger partial charge in [-0.25, -0.2) is 4.79 Å². The van der Waals surface area contributed by atoms with Gasteiger partial charge in [0.05, 0.1) is 0 Å². The first-order valence-corrected chi connectivity index (χ1v) is 5.95. The lowest BCUT2D eigenvalue weighted by Gasteiger charge is -2.18. The fraction of sp³-hybridized carbons (Fsp3) is 0.615. The average Bonchev–Trinajstić information content (AvgIpc) is 2.50. The number of aryl methyl sites for hydroxylation is 2. The van der Waals surface area contributed by atoms with Gasteiger partial charge in [0.1, 0.15) is 0 Å². The molecule has 4 heteroatoms. The largest absolute Gasteiger partial charge is 0.362 e. The van der Waals surface area contributed by atoms with Crippen LogP contribution in [-0.2, 0) is 6.54 Å². The predicted octanol–water partition coefficient (Wildman–Crippen LogP) is 2.48. The van der Waals surface area contributed by atoms with Crippen LogP contribution in [0, 0.1) is 19.3 Å². The van der Waals surface area contributed by atoms with E-state index in [0.717, 1.165) is 17.0 Å². The van der Waals surface area contributed by atoms with Crippen molar-refractivity contribution in [1.29, 1.82) is 0 Å². The van der Waals surface area contributed by atoms with Gasteiger partial charge in [-0.3, -0.25) is 0 Å². The summed E-state index contributed by atoms with van der Waals surface area (Å²) in [5.74, 6) is 0. The lowest BCUT2D eigenvalue weighted by molar-refractivity contribution is 0.235. The zero-order valence-corrected chi connectivity index (χ0v) is 11.4. The van der Waals surface area contributed by atoms with Crippen molar-refractivity contribution < 1.29 is 4.79 Å². The van der Waals surface area contributed by atoms with E-state index in [1.165, 1.54) is 0 Å². The van der Waals surface area contributed by atoms with Crippen molar-refractivity contribution >= 4 is 6.03 Å². The number of amides is 2. The highest BCUT2D eigenvalue weighted by Crippen LogP contribution is 2.10. The topological polar surface area (TPSA) is 56.9 Å². The van der Waals surface area contributed by atoms with Crippen LogP contribution in [0.5, 0.6) is 0 Å². The summed E-state index contributed by atoms with van der Waals surface area (Å²) < 4.78 is 0. The van der Waals surface area contributed by atoms with Crippen LogP contribution in [0.15, 0.2) is 6.07 Å². The SMILES string of the molecule is Cc1cc(CNC(=O)NCC(C)(C)C)c(C)[nH]1. The van der Waals surface area contributed by atoms with Gasteiger partial charge >= 0.3 is 6.03 Å². The van der Waals surface area contributed by atoms with Gasteiger partial charge in [-0.05, 0) is 30.9 Å². The van der Waals surface area contributed by atoms with Crippen molar-refractivity contribution in [2.75, 3.05) is 6.54 Å². The maximum absolute atomic E-state index is 11.5. The molecule has 0 aliphatic rings. The standard InChI is InChI=1S/C13H23N3O/c1-9-6-11(10(2)16-9)7-14-12(17)15-8-13(3,4)5/h6,16H,7-8H2,1-5H3,(H2,14,15,17). The van der Waals surface area contributed by atoms with Crippen molar-refractivity contribution in [2.24, 2.45) is 5.41 Å². The van der Waals surface area contributed by atoms with Gasteiger partial charge in [-0.1, -0.05) is 20.8 Å². The number of nitrogens with one attached hydrogen (secondary N) is 3. The Balaban J connectivity index is 2.36. The molecule has 4 nitrogen and oxygen atoms in total. The van der Waals surface area contributed by atoms with Gasteiger partial charge in [0, 0.05) is 24.5 Å². The molecule has 0 fully saturated rings. The Morgan fingerprint density at radius 1 is 1.29 bits per heavy atom. The molecule has 1 aromatic heterocycles. The highest BCUT2D eigenvalue weighted by molar-refractivity contribution is 5.73. The van der Waals surface area contributed by atoms with Crippen LogP contribution in [-0.4, -0.2) is 17.6 Å². The fourth-order valence-corrected chi connectivity index (χ4v) is 1.55. The molecule has 0 saturated carbocycles. The second-order valence-electron chi connectivity index (χ2n) is 5.70. The molecule has 1 aromatic rings. The number of aromatic nitrogens is 1. The number of carbonyl (C=O) groups excluding carboxylic acids is 1. The van der Waals surface area contributed by atoms with Crippen LogP contribution in [0.25, 0.3) is 0 Å². The summed E-state index contributed by atoms with van der Waals surface area (Å²) in [5, 5.41) is 5.71. The lowest BCUT2D eigenvalue weighted by atomic mass is 9.97. The van der Waals surface area contributed by atoms with Crippen molar-refractivity contribution in [3.63, 3.8) is 0 Å². The lowest BCUT2D eigenvalue weighted by Crippen LogP contribution is -2.39. The normalized spacial score (nSPS) is 11.4. The van der Waals surface area contributed by atoms with Crippen LogP contribution >= 0.6 is 0 Å². The van der Waals surface area contributed by atoms with Crippen LogP contribution in [0.3, 0.4) is 0 Å². The summed E-state index contributed by atoms with van der Waals surface area (Å²) in [6, 6.07) is 1.94. The minimum atomic E-state index is -0.113. The number of H-pyrrole nitrogens is 1. The smallest absolute Gasteiger partial charge is 0.315 e. The second kappa shape index (κ2) is 5.25. The molecule has 3 N–H and O–H groups in total. The van der Waals surface area contributed by atoms with E-state index in [1.54, 1.807) is 0 Å². The minimum absolute atomic E-state index is 0.109. The van der Waals surface area contributed by atoms with E-state index in [4.69, 9.17) is 0 Å². The minimum Gasteiger partial charge on any atom is -0.362 e. The molecule has 2 amide bonds. The molecule has 0 spiro atoms. The van der Waals surface area contributed by atoms with Crippen LogP contribution < -0.4 is 10.6 Å². The molecule has 96 valence electrons. The molecule has 0 bridgehead atoms. The number of aromatic amines is 1. The second-order valence-corrected chi connectivity index (χ2v) is 5.70. The first kappa shape index (κ1) is 13.6. The van der Waals surface area contributed by atoms with E-state index < -0.39 is 0 Å². The van der Waals surface area contributed by atoms with E-state index in [0.29, 0.717) is 13.1 Å². The molecule has 0 saturated heterocycles. The van der Waals surface area contributed by atoms with Crippen molar-refractivity contribution in [1.82, 2.24) is 15.6 Å². The first-order chi connectivity index (χ1) is 7.78. The van der Waals surface area contributed by atoms with Gasteiger partial charge in [0.2, 0.25) is 0 Å². The summed E-state index contributed by atoms with van der Waals surface area (Å²) in [4.78, 5) is 14.8. The summed E-state index contributed by atoms with van der Waals surface area (Å²) in [5.41, 5.74) is 3.47. The maximum Gasteiger partial charge on any atom is 0.315 e. The van der Waals surface area contributed by atoms with Crippen molar-refractivity contribution in [3.05, 3.63) is 23.0 Å². The Morgan fingerprint density at radius 2 is 1.94 bits per heavy atom. The van der Waals surface area contributed by atoms with Crippen LogP contribution in [0.2, 0.25) is 0 Å². The van der Waals surface area contributed by atoms with Gasteiger partial charge in [0.15, 0.2) is 0 Å². The highest BCUT2D eigenvalue weighted by atomic mass is 16.2. The van der Waals surface area contributed by atoms with Crippen molar-refractivity contribution in [2.45, 2.75) is 41.2 Å². The Kier molecular flexibility index (Phi) is 4.21. The molecule has 0 aliphatic carbocycles. The number of carbonyl (C=O) groups is 1. The zero-order chi connectivity index (χ0) is 13.1. The summed E-state index contributed by atoms with van der Waals surface area (Å²) in [6.07, 6.45) is 0. The summed E-state index contributed by atoms with van der Waals surface area (Å²) in [6.45, 7) is 11.5. The third-order valence-electron chi connectivity index (χ3n) is 2.48. The van der Waals surface area contributed by atoms with Gasteiger partial charge in [0.25, 0.3) is 0 Å². The number of hydrogen-bond donors (Lipinski definition) is 3. The molecule has 1 rings (SSSR count). The Bertz CT molecular complexity index is 388. The molecular weight excluding hydrogens is 214 g/mol. The molecule has 1 heterocycles. The van der Waals surface area contributed by atoms with Crippen LogP contribution in [0.4, 0.5) is 4.79 Å². The highest BCUT2D eigenvalue weighted by Gasteiger charge is 2.11. The Morgan fingerprint density at radius 3 is 2.41 bits per heavy atom. The van der Waals surface area contributed by atoms with Gasteiger partial charge in [-0.15, -0.1) is 0 Å². The van der Waals surface area contributed by atoms with Gasteiger partial charge in [-0.2, -0.15) is 0 Å².